The molecule has 5 heteroatoms. The lowest BCUT2D eigenvalue weighted by molar-refractivity contribution is -0.190. The normalized spacial score (nSPS) is 23.0. The van der Waals surface area contributed by atoms with Gasteiger partial charge in [0, 0.05) is 56.7 Å². The van der Waals surface area contributed by atoms with Crippen LogP contribution in [0, 0.1) is 0 Å². The van der Waals surface area contributed by atoms with Crippen LogP contribution in [0.15, 0.2) is 60.8 Å². The summed E-state index contributed by atoms with van der Waals surface area (Å²) < 4.78 is 14.9. The Bertz CT molecular complexity index is 1080. The molecule has 5 nitrogen and oxygen atoms in total. The van der Waals surface area contributed by atoms with E-state index in [-0.39, 0.29) is 23.7 Å². The average Bonchev–Trinajstić information content (AvgIpc) is 3.16. The number of hydrogen-bond acceptors (Lipinski definition) is 3. The first-order valence-electron chi connectivity index (χ1n) is 11.8. The third kappa shape index (κ3) is 3.96. The van der Waals surface area contributed by atoms with Gasteiger partial charge >= 0.3 is 0 Å². The highest BCUT2D eigenvalue weighted by Crippen LogP contribution is 2.44. The van der Waals surface area contributed by atoms with Crippen molar-refractivity contribution in [2.24, 2.45) is 7.05 Å². The molecule has 0 N–H and O–H groups in total. The van der Waals surface area contributed by atoms with Crippen LogP contribution in [0.5, 0.6) is 0 Å². The maximum absolute atomic E-state index is 13.4. The summed E-state index contributed by atoms with van der Waals surface area (Å²) in [5.74, 6) is 0.119. The first-order valence-corrected chi connectivity index (χ1v) is 11.8. The van der Waals surface area contributed by atoms with Crippen molar-refractivity contribution >= 4 is 16.8 Å². The van der Waals surface area contributed by atoms with Crippen LogP contribution in [0.4, 0.5) is 0 Å². The lowest BCUT2D eigenvalue weighted by Crippen LogP contribution is -2.52. The summed E-state index contributed by atoms with van der Waals surface area (Å²) in [6, 6.07) is 18.6. The minimum absolute atomic E-state index is 0.0434. The number of fused-ring (bicyclic) bond motifs is 1. The summed E-state index contributed by atoms with van der Waals surface area (Å²) in [6.45, 7) is 4.20. The van der Waals surface area contributed by atoms with Crippen molar-refractivity contribution in [3.05, 3.63) is 71.9 Å². The molecule has 0 bridgehead atoms. The van der Waals surface area contributed by atoms with Crippen LogP contribution in [0.3, 0.4) is 0 Å². The van der Waals surface area contributed by atoms with Gasteiger partial charge in [0.25, 0.3) is 5.91 Å². The van der Waals surface area contributed by atoms with Crippen LogP contribution in [-0.2, 0) is 16.5 Å². The molecule has 3 heterocycles. The summed E-state index contributed by atoms with van der Waals surface area (Å²) in [7, 11) is 2.00. The van der Waals surface area contributed by atoms with Crippen molar-refractivity contribution in [2.75, 3.05) is 19.7 Å². The Labute approximate surface area is 189 Å². The summed E-state index contributed by atoms with van der Waals surface area (Å²) in [6.07, 6.45) is 5.68. The zero-order valence-electron chi connectivity index (χ0n) is 19.0. The number of nitrogens with zero attached hydrogens (tertiary/aromatic N) is 2. The number of para-hydroxylation sites is 1. The molecule has 2 atom stereocenters. The summed E-state index contributed by atoms with van der Waals surface area (Å²) in [4.78, 5) is 15.4. The van der Waals surface area contributed by atoms with E-state index in [1.165, 1.54) is 5.56 Å². The Morgan fingerprint density at radius 2 is 1.81 bits per heavy atom. The molecule has 2 aliphatic rings. The van der Waals surface area contributed by atoms with E-state index in [4.69, 9.17) is 9.47 Å². The van der Waals surface area contributed by atoms with E-state index in [0.29, 0.717) is 19.7 Å². The van der Waals surface area contributed by atoms with Gasteiger partial charge in [0.1, 0.15) is 0 Å². The van der Waals surface area contributed by atoms with Crippen molar-refractivity contribution in [1.29, 1.82) is 0 Å². The van der Waals surface area contributed by atoms with E-state index in [1.807, 2.05) is 47.0 Å². The molecule has 3 aromatic rings. The zero-order valence-corrected chi connectivity index (χ0v) is 19.0. The van der Waals surface area contributed by atoms with E-state index >= 15 is 0 Å². The number of ether oxygens (including phenoxy) is 2. The fraction of sp³-hybridized carbons (Fsp3) is 0.444. The highest BCUT2D eigenvalue weighted by Gasteiger charge is 2.45. The van der Waals surface area contributed by atoms with Crippen molar-refractivity contribution in [1.82, 2.24) is 9.47 Å². The van der Waals surface area contributed by atoms with Crippen LogP contribution < -0.4 is 0 Å². The number of piperidine rings is 1. The smallest absolute Gasteiger partial charge is 0.256 e. The van der Waals surface area contributed by atoms with Gasteiger partial charge in [0.2, 0.25) is 0 Å². The second kappa shape index (κ2) is 8.72. The van der Waals surface area contributed by atoms with Gasteiger partial charge < -0.3 is 18.9 Å². The second-order valence-electron chi connectivity index (χ2n) is 9.18. The van der Waals surface area contributed by atoms with Gasteiger partial charge in [0.15, 0.2) is 0 Å². The van der Waals surface area contributed by atoms with Gasteiger partial charge in [-0.25, -0.2) is 0 Å². The second-order valence-corrected chi connectivity index (χ2v) is 9.18. The Morgan fingerprint density at radius 1 is 1.09 bits per heavy atom. The fourth-order valence-corrected chi connectivity index (χ4v) is 5.49. The number of aromatic nitrogens is 1. The third-order valence-electron chi connectivity index (χ3n) is 7.13. The number of carbonyl (C=O) groups excluding carboxylic acids is 1. The molecule has 1 spiro atoms. The molecule has 168 valence electrons. The van der Waals surface area contributed by atoms with Crippen molar-refractivity contribution in [3.63, 3.8) is 0 Å². The Kier molecular flexibility index (Phi) is 5.78. The molecule has 2 saturated heterocycles. The summed E-state index contributed by atoms with van der Waals surface area (Å²) in [5.41, 5.74) is 2.86. The molecule has 2 fully saturated rings. The van der Waals surface area contributed by atoms with Gasteiger partial charge in [-0.3, -0.25) is 4.79 Å². The standard InChI is InChI=1S/C27H32N2O3/c1-3-31-21-17-25(20-9-5-4-6-10-20)32-27(18-21)13-15-29(16-14-27)26(30)23-19-28(2)24-12-8-7-11-22(23)24/h4-12,19,21,25H,3,13-18H2,1-2H3/t21-,25-/m0/s1. The van der Waals surface area contributed by atoms with Crippen LogP contribution in [0.2, 0.25) is 0 Å². The van der Waals surface area contributed by atoms with Gasteiger partial charge in [-0.2, -0.15) is 0 Å². The number of hydrogen-bond donors (Lipinski definition) is 0. The Morgan fingerprint density at radius 3 is 2.56 bits per heavy atom. The molecule has 2 aliphatic heterocycles. The monoisotopic (exact) mass is 432 g/mol. The lowest BCUT2D eigenvalue weighted by atomic mass is 9.80. The molecule has 32 heavy (non-hydrogen) atoms. The summed E-state index contributed by atoms with van der Waals surface area (Å²) >= 11 is 0. The predicted molar refractivity (Wildman–Crippen MR) is 126 cm³/mol. The van der Waals surface area contributed by atoms with E-state index in [0.717, 1.165) is 42.1 Å². The van der Waals surface area contributed by atoms with E-state index in [1.54, 1.807) is 0 Å². The largest absolute Gasteiger partial charge is 0.378 e. The SMILES string of the molecule is CCO[C@H]1C[C@@H](c2ccccc2)OC2(CCN(C(=O)c3cn(C)c4ccccc34)CC2)C1. The number of benzene rings is 2. The molecule has 2 aromatic carbocycles. The first kappa shape index (κ1) is 21.2. The number of amides is 1. The molecule has 0 radical (unpaired) electrons. The van der Waals surface area contributed by atoms with Crippen LogP contribution in [0.1, 0.15) is 54.6 Å². The quantitative estimate of drug-likeness (QED) is 0.575. The van der Waals surface area contributed by atoms with E-state index in [9.17, 15) is 4.79 Å². The van der Waals surface area contributed by atoms with Gasteiger partial charge in [-0.05, 0) is 31.4 Å². The summed E-state index contributed by atoms with van der Waals surface area (Å²) in [5, 5.41) is 1.02. The number of likely N-dealkylation sites (tertiary alicyclic amines) is 1. The van der Waals surface area contributed by atoms with Crippen LogP contribution in [0.25, 0.3) is 10.9 Å². The molecule has 0 saturated carbocycles. The Balaban J connectivity index is 1.33. The molecule has 0 aliphatic carbocycles. The minimum Gasteiger partial charge on any atom is -0.378 e. The third-order valence-corrected chi connectivity index (χ3v) is 7.13. The molecule has 1 amide bonds. The zero-order chi connectivity index (χ0) is 22.1. The topological polar surface area (TPSA) is 43.7 Å². The van der Waals surface area contributed by atoms with Gasteiger partial charge in [0.05, 0.1) is 23.4 Å². The van der Waals surface area contributed by atoms with Crippen molar-refractivity contribution < 1.29 is 14.3 Å². The predicted octanol–water partition coefficient (Wildman–Crippen LogP) is 5.11. The fourth-order valence-electron chi connectivity index (χ4n) is 5.49. The molecular weight excluding hydrogens is 400 g/mol. The highest BCUT2D eigenvalue weighted by atomic mass is 16.5. The van der Waals surface area contributed by atoms with Crippen molar-refractivity contribution in [2.45, 2.75) is 50.4 Å². The lowest BCUT2D eigenvalue weighted by Gasteiger charge is -2.48. The van der Waals surface area contributed by atoms with Crippen LogP contribution in [-0.4, -0.2) is 46.8 Å². The van der Waals surface area contributed by atoms with E-state index < -0.39 is 0 Å². The molecule has 5 rings (SSSR count). The number of rotatable bonds is 4. The molecule has 0 unspecified atom stereocenters. The maximum atomic E-state index is 13.4. The van der Waals surface area contributed by atoms with E-state index in [2.05, 4.69) is 37.3 Å². The van der Waals surface area contributed by atoms with Crippen LogP contribution >= 0.6 is 0 Å². The van der Waals surface area contributed by atoms with Crippen molar-refractivity contribution in [3.8, 4) is 0 Å². The number of aryl methyl sites for hydroxylation is 1. The molecule has 1 aromatic heterocycles. The minimum atomic E-state index is -0.228. The Hall–Kier alpha value is -2.63. The number of carbonyl (C=O) groups is 1. The maximum Gasteiger partial charge on any atom is 0.256 e. The average molecular weight is 433 g/mol. The van der Waals surface area contributed by atoms with Gasteiger partial charge in [-0.1, -0.05) is 48.5 Å². The van der Waals surface area contributed by atoms with Gasteiger partial charge in [-0.15, -0.1) is 0 Å². The molecular formula is C27H32N2O3. The first-order chi connectivity index (χ1) is 15.6. The highest BCUT2D eigenvalue weighted by molar-refractivity contribution is 6.07.